The van der Waals surface area contributed by atoms with Crippen LogP contribution in [0.3, 0.4) is 0 Å². The van der Waals surface area contributed by atoms with Gasteiger partial charge in [0.1, 0.15) is 6.04 Å². The van der Waals surface area contributed by atoms with Gasteiger partial charge in [0.25, 0.3) is 0 Å². The molecule has 0 amide bonds. The van der Waals surface area contributed by atoms with Crippen LogP contribution in [0.5, 0.6) is 0 Å². The van der Waals surface area contributed by atoms with Crippen LogP contribution in [-0.2, 0) is 11.2 Å². The van der Waals surface area contributed by atoms with Crippen LogP contribution < -0.4 is 5.32 Å². The summed E-state index contributed by atoms with van der Waals surface area (Å²) in [6.07, 6.45) is 1.03. The highest BCUT2D eigenvalue weighted by atomic mass is 16.4. The molecule has 4 nitrogen and oxygen atoms in total. The lowest BCUT2D eigenvalue weighted by atomic mass is 9.97. The molecule has 132 valence electrons. The number of aryl methyl sites for hydroxylation is 1. The third-order valence-electron chi connectivity index (χ3n) is 4.44. The number of anilines is 1. The Hall–Kier alpha value is -3.14. The first-order chi connectivity index (χ1) is 12.6. The minimum atomic E-state index is -0.958. The molecule has 0 aliphatic heterocycles. The normalized spacial score (nSPS) is 11.9. The molecule has 3 aromatic carbocycles. The first-order valence-electron chi connectivity index (χ1n) is 8.64. The maximum atomic E-state index is 12.8. The van der Waals surface area contributed by atoms with Crippen LogP contribution in [-0.4, -0.2) is 22.9 Å². The topological polar surface area (TPSA) is 66.4 Å². The van der Waals surface area contributed by atoms with Crippen LogP contribution >= 0.6 is 0 Å². The van der Waals surface area contributed by atoms with Gasteiger partial charge in [-0.25, -0.2) is 0 Å². The molecule has 0 spiro atoms. The van der Waals surface area contributed by atoms with E-state index in [0.717, 1.165) is 16.3 Å². The standard InChI is InChI=1S/C22H21NO3/c1-15(22(25)26)23-21-18-10-6-5-9-17(18)12-13-19(21)20(24)14-11-16-7-3-2-4-8-16/h2-10,12-13,15,23H,11,14H2,1H3,(H,25,26). The van der Waals surface area contributed by atoms with E-state index in [4.69, 9.17) is 0 Å². The number of carbonyl (C=O) groups excluding carboxylic acids is 1. The Bertz CT molecular complexity index is 935. The lowest BCUT2D eigenvalue weighted by molar-refractivity contribution is -0.137. The van der Waals surface area contributed by atoms with Gasteiger partial charge in [0.15, 0.2) is 5.78 Å². The quantitative estimate of drug-likeness (QED) is 0.616. The molecule has 0 aliphatic carbocycles. The number of Topliss-reactive ketones (excluding diaryl/α,β-unsaturated/α-hetero) is 1. The minimum Gasteiger partial charge on any atom is -0.480 e. The molecule has 0 heterocycles. The zero-order chi connectivity index (χ0) is 18.5. The minimum absolute atomic E-state index is 0.000283. The number of aliphatic carboxylic acids is 1. The van der Waals surface area contributed by atoms with Crippen LogP contribution in [0.4, 0.5) is 5.69 Å². The van der Waals surface area contributed by atoms with E-state index in [-0.39, 0.29) is 5.78 Å². The molecule has 0 bridgehead atoms. The van der Waals surface area contributed by atoms with Crippen molar-refractivity contribution in [3.05, 3.63) is 77.9 Å². The van der Waals surface area contributed by atoms with Gasteiger partial charge in [-0.3, -0.25) is 9.59 Å². The average Bonchev–Trinajstić information content (AvgIpc) is 2.67. The summed E-state index contributed by atoms with van der Waals surface area (Å²) >= 11 is 0. The predicted octanol–water partition coefficient (Wildman–Crippen LogP) is 4.54. The first kappa shape index (κ1) is 17.7. The number of carboxylic acids is 1. The Morgan fingerprint density at radius 1 is 0.962 bits per heavy atom. The second-order valence-corrected chi connectivity index (χ2v) is 6.32. The van der Waals surface area contributed by atoms with Gasteiger partial charge in [0.2, 0.25) is 0 Å². The molecule has 26 heavy (non-hydrogen) atoms. The number of carbonyl (C=O) groups is 2. The highest BCUT2D eigenvalue weighted by Crippen LogP contribution is 2.29. The maximum Gasteiger partial charge on any atom is 0.325 e. The Morgan fingerprint density at radius 2 is 1.65 bits per heavy atom. The summed E-state index contributed by atoms with van der Waals surface area (Å²) in [4.78, 5) is 24.1. The molecule has 1 atom stereocenters. The van der Waals surface area contributed by atoms with Crippen molar-refractivity contribution in [3.8, 4) is 0 Å². The van der Waals surface area contributed by atoms with Gasteiger partial charge in [0.05, 0.1) is 5.69 Å². The predicted molar refractivity (Wildman–Crippen MR) is 104 cm³/mol. The fraction of sp³-hybridized carbons (Fsp3) is 0.182. The number of ketones is 1. The number of hydrogen-bond donors (Lipinski definition) is 2. The monoisotopic (exact) mass is 347 g/mol. The summed E-state index contributed by atoms with van der Waals surface area (Å²) in [6.45, 7) is 1.57. The second kappa shape index (κ2) is 7.83. The molecule has 4 heteroatoms. The fourth-order valence-corrected chi connectivity index (χ4v) is 2.97. The van der Waals surface area contributed by atoms with E-state index in [1.165, 1.54) is 0 Å². The molecule has 1 unspecified atom stereocenters. The van der Waals surface area contributed by atoms with Gasteiger partial charge in [0, 0.05) is 17.4 Å². The van der Waals surface area contributed by atoms with Crippen molar-refractivity contribution < 1.29 is 14.7 Å². The average molecular weight is 347 g/mol. The molecule has 3 aromatic rings. The van der Waals surface area contributed by atoms with Crippen molar-refractivity contribution >= 4 is 28.2 Å². The van der Waals surface area contributed by atoms with Crippen molar-refractivity contribution in [2.24, 2.45) is 0 Å². The third kappa shape index (κ3) is 3.91. The van der Waals surface area contributed by atoms with Crippen molar-refractivity contribution in [3.63, 3.8) is 0 Å². The van der Waals surface area contributed by atoms with E-state index in [0.29, 0.717) is 24.1 Å². The van der Waals surface area contributed by atoms with E-state index in [1.807, 2.05) is 60.7 Å². The van der Waals surface area contributed by atoms with E-state index in [9.17, 15) is 14.7 Å². The molecule has 0 radical (unpaired) electrons. The molecule has 2 N–H and O–H groups in total. The Labute approximate surface area is 152 Å². The SMILES string of the molecule is CC(Nc1c(C(=O)CCc2ccccc2)ccc2ccccc12)C(=O)O. The Morgan fingerprint density at radius 3 is 2.38 bits per heavy atom. The number of fused-ring (bicyclic) bond motifs is 1. The zero-order valence-electron chi connectivity index (χ0n) is 14.6. The number of nitrogens with one attached hydrogen (secondary N) is 1. The van der Waals surface area contributed by atoms with Crippen molar-refractivity contribution in [2.75, 3.05) is 5.32 Å². The lowest BCUT2D eigenvalue weighted by Crippen LogP contribution is -2.26. The Balaban J connectivity index is 1.93. The maximum absolute atomic E-state index is 12.8. The number of carboxylic acid groups (broad SMARTS) is 1. The van der Waals surface area contributed by atoms with Gasteiger partial charge in [-0.2, -0.15) is 0 Å². The first-order valence-corrected chi connectivity index (χ1v) is 8.64. The molecule has 3 rings (SSSR count). The molecular formula is C22H21NO3. The van der Waals surface area contributed by atoms with Crippen molar-refractivity contribution in [2.45, 2.75) is 25.8 Å². The lowest BCUT2D eigenvalue weighted by Gasteiger charge is -2.17. The zero-order valence-corrected chi connectivity index (χ0v) is 14.6. The van der Waals surface area contributed by atoms with Crippen LogP contribution in [0.2, 0.25) is 0 Å². The largest absolute Gasteiger partial charge is 0.480 e. The number of rotatable bonds is 7. The van der Waals surface area contributed by atoms with Crippen LogP contribution in [0.15, 0.2) is 66.7 Å². The van der Waals surface area contributed by atoms with Crippen LogP contribution in [0.25, 0.3) is 10.8 Å². The summed E-state index contributed by atoms with van der Waals surface area (Å²) in [5, 5.41) is 14.1. The summed E-state index contributed by atoms with van der Waals surface area (Å²) in [6, 6.07) is 20.4. The number of hydrogen-bond acceptors (Lipinski definition) is 3. The molecule has 0 aromatic heterocycles. The van der Waals surface area contributed by atoms with E-state index in [2.05, 4.69) is 5.32 Å². The molecule has 0 saturated heterocycles. The highest BCUT2D eigenvalue weighted by Gasteiger charge is 2.18. The molecule has 0 saturated carbocycles. The summed E-state index contributed by atoms with van der Waals surface area (Å²) in [5.41, 5.74) is 2.24. The van der Waals surface area contributed by atoms with Gasteiger partial charge >= 0.3 is 5.97 Å². The van der Waals surface area contributed by atoms with Crippen molar-refractivity contribution in [1.82, 2.24) is 0 Å². The van der Waals surface area contributed by atoms with Gasteiger partial charge < -0.3 is 10.4 Å². The van der Waals surface area contributed by atoms with Crippen LogP contribution in [0, 0.1) is 0 Å². The molecule has 0 fully saturated rings. The smallest absolute Gasteiger partial charge is 0.325 e. The third-order valence-corrected chi connectivity index (χ3v) is 4.44. The van der Waals surface area contributed by atoms with Crippen LogP contribution in [0.1, 0.15) is 29.3 Å². The van der Waals surface area contributed by atoms with E-state index >= 15 is 0 Å². The van der Waals surface area contributed by atoms with Gasteiger partial charge in [-0.1, -0.05) is 60.7 Å². The summed E-state index contributed by atoms with van der Waals surface area (Å²) in [5.74, 6) is -0.958. The van der Waals surface area contributed by atoms with Gasteiger partial charge in [-0.05, 0) is 30.4 Å². The van der Waals surface area contributed by atoms with E-state index < -0.39 is 12.0 Å². The second-order valence-electron chi connectivity index (χ2n) is 6.32. The van der Waals surface area contributed by atoms with Gasteiger partial charge in [-0.15, -0.1) is 0 Å². The van der Waals surface area contributed by atoms with E-state index in [1.54, 1.807) is 13.0 Å². The molecular weight excluding hydrogens is 326 g/mol. The summed E-state index contributed by atoms with van der Waals surface area (Å²) < 4.78 is 0. The van der Waals surface area contributed by atoms with Crippen molar-refractivity contribution in [1.29, 1.82) is 0 Å². The summed E-state index contributed by atoms with van der Waals surface area (Å²) in [7, 11) is 0. The highest BCUT2D eigenvalue weighted by molar-refractivity contribution is 6.09. The molecule has 0 aliphatic rings. The fourth-order valence-electron chi connectivity index (χ4n) is 2.97. The Kier molecular flexibility index (Phi) is 5.32. The number of benzene rings is 3.